The SMILES string of the molecule is CC[Si](CC)(CC)O[C@H]1[C@H]2O[C@@H]([C@H](OC(C)=O)C(C)(C)O)C[C@@H](C)[C@@H]2[C@@]2(C)CC[C@@]34CC35CC[C@H](O[C@H]3CN(CC6CN(C(=O)OC(C)(C)C)C6)CCO3)C(C)(C)[C@@H]5CC[C@H]4[C@]12C. The van der Waals surface area contributed by atoms with E-state index in [1.165, 1.54) is 45.4 Å². The van der Waals surface area contributed by atoms with E-state index in [-0.39, 0.29) is 52.9 Å². The van der Waals surface area contributed by atoms with Crippen LogP contribution >= 0.6 is 0 Å². The van der Waals surface area contributed by atoms with Crippen molar-refractivity contribution in [2.24, 2.45) is 56.7 Å². The lowest BCUT2D eigenvalue weighted by molar-refractivity contribution is -0.249. The summed E-state index contributed by atoms with van der Waals surface area (Å²) in [6.07, 6.45) is 7.65. The van der Waals surface area contributed by atoms with E-state index in [0.717, 1.165) is 63.7 Å². The topological polar surface area (TPSA) is 116 Å². The number of likely N-dealkylation sites (tertiary alicyclic amines) is 1. The van der Waals surface area contributed by atoms with Crippen molar-refractivity contribution in [1.82, 2.24) is 9.80 Å². The first-order valence-electron chi connectivity index (χ1n) is 25.5. The number of hydrogen-bond donors (Lipinski definition) is 1. The number of esters is 1. The summed E-state index contributed by atoms with van der Waals surface area (Å²) in [5.74, 6) is 1.86. The molecular weight excluding hydrogens is 813 g/mol. The number of carbonyl (C=O) groups excluding carboxylic acids is 2. The van der Waals surface area contributed by atoms with E-state index >= 15 is 0 Å². The third kappa shape index (κ3) is 7.81. The molecule has 5 saturated carbocycles. The van der Waals surface area contributed by atoms with Crippen molar-refractivity contribution in [3.63, 3.8) is 0 Å². The third-order valence-corrected chi connectivity index (χ3v) is 24.5. The van der Waals surface area contributed by atoms with Gasteiger partial charge in [0.1, 0.15) is 5.60 Å². The molecule has 8 fully saturated rings. The average Bonchev–Trinajstić information content (AvgIpc) is 3.80. The summed E-state index contributed by atoms with van der Waals surface area (Å²) in [5, 5.41) is 11.4. The minimum absolute atomic E-state index is 0.0177. The molecule has 2 spiro atoms. The Bertz CT molecular complexity index is 1700. The molecule has 360 valence electrons. The van der Waals surface area contributed by atoms with Gasteiger partial charge < -0.3 is 38.1 Å². The van der Waals surface area contributed by atoms with Crippen LogP contribution in [-0.4, -0.2) is 123 Å². The highest BCUT2D eigenvalue weighted by Gasteiger charge is 2.85. The molecule has 1 unspecified atom stereocenters. The molecule has 8 rings (SSSR count). The highest BCUT2D eigenvalue weighted by atomic mass is 28.4. The second-order valence-electron chi connectivity index (χ2n) is 25.0. The van der Waals surface area contributed by atoms with Crippen molar-refractivity contribution in [3.05, 3.63) is 0 Å². The van der Waals surface area contributed by atoms with Gasteiger partial charge >= 0.3 is 12.1 Å². The third-order valence-electron chi connectivity index (χ3n) is 19.9. The van der Waals surface area contributed by atoms with Crippen LogP contribution in [0.2, 0.25) is 18.1 Å². The van der Waals surface area contributed by atoms with Crippen LogP contribution in [0, 0.1) is 56.7 Å². The molecule has 14 atom stereocenters. The van der Waals surface area contributed by atoms with Crippen LogP contribution in [0.3, 0.4) is 0 Å². The highest BCUT2D eigenvalue weighted by molar-refractivity contribution is 6.73. The molecule has 0 radical (unpaired) electrons. The minimum Gasteiger partial charge on any atom is -0.457 e. The van der Waals surface area contributed by atoms with Crippen LogP contribution in [-0.2, 0) is 32.9 Å². The van der Waals surface area contributed by atoms with Gasteiger partial charge in [-0.1, -0.05) is 55.4 Å². The van der Waals surface area contributed by atoms with Crippen molar-refractivity contribution in [1.29, 1.82) is 0 Å². The van der Waals surface area contributed by atoms with Gasteiger partial charge in [-0.05, 0) is 149 Å². The summed E-state index contributed by atoms with van der Waals surface area (Å²) in [5.41, 5.74) is -1.13. The second-order valence-corrected chi connectivity index (χ2v) is 29.7. The van der Waals surface area contributed by atoms with Crippen molar-refractivity contribution >= 4 is 20.4 Å². The van der Waals surface area contributed by atoms with Crippen molar-refractivity contribution in [2.75, 3.05) is 39.3 Å². The van der Waals surface area contributed by atoms with Crippen LogP contribution in [0.4, 0.5) is 4.79 Å². The molecule has 3 heterocycles. The molecule has 3 saturated heterocycles. The van der Waals surface area contributed by atoms with Gasteiger partial charge in [-0.25, -0.2) is 4.79 Å². The zero-order valence-corrected chi connectivity index (χ0v) is 43.0. The monoisotopic (exact) mass is 901 g/mol. The summed E-state index contributed by atoms with van der Waals surface area (Å²) >= 11 is 0. The maximum absolute atomic E-state index is 12.6. The zero-order chi connectivity index (χ0) is 45.9. The number of rotatable bonds is 12. The number of nitrogens with zero attached hydrogens (tertiary/aromatic N) is 2. The van der Waals surface area contributed by atoms with E-state index in [0.29, 0.717) is 47.0 Å². The molecule has 0 aromatic heterocycles. The van der Waals surface area contributed by atoms with Gasteiger partial charge in [0.2, 0.25) is 0 Å². The largest absolute Gasteiger partial charge is 0.457 e. The van der Waals surface area contributed by atoms with Gasteiger partial charge in [0.15, 0.2) is 20.7 Å². The zero-order valence-electron chi connectivity index (χ0n) is 42.0. The van der Waals surface area contributed by atoms with Crippen LogP contribution in [0.5, 0.6) is 0 Å². The van der Waals surface area contributed by atoms with Crippen molar-refractivity contribution in [2.45, 2.75) is 214 Å². The van der Waals surface area contributed by atoms with Gasteiger partial charge in [-0.2, -0.15) is 0 Å². The van der Waals surface area contributed by atoms with E-state index in [2.05, 4.69) is 60.3 Å². The minimum atomic E-state index is -2.10. The average molecular weight is 901 g/mol. The Kier molecular flexibility index (Phi) is 12.6. The quantitative estimate of drug-likeness (QED) is 0.150. The van der Waals surface area contributed by atoms with Crippen molar-refractivity contribution < 1.29 is 42.8 Å². The normalized spacial score (nSPS) is 43.0. The summed E-state index contributed by atoms with van der Waals surface area (Å²) < 4.78 is 40.4. The van der Waals surface area contributed by atoms with Crippen LogP contribution in [0.25, 0.3) is 0 Å². The molecule has 0 aromatic rings. The second kappa shape index (κ2) is 16.5. The number of ether oxygens (including phenoxy) is 5. The lowest BCUT2D eigenvalue weighted by Gasteiger charge is -2.64. The number of carbonyl (C=O) groups is 2. The molecule has 8 aliphatic rings. The number of amides is 1. The maximum Gasteiger partial charge on any atom is 0.410 e. The lowest BCUT2D eigenvalue weighted by Crippen LogP contribution is -2.61. The summed E-state index contributed by atoms with van der Waals surface area (Å²) in [6, 6.07) is 3.27. The van der Waals surface area contributed by atoms with Crippen LogP contribution in [0.1, 0.15) is 148 Å². The maximum atomic E-state index is 12.6. The molecule has 1 amide bonds. The lowest BCUT2D eigenvalue weighted by atomic mass is 9.41. The molecule has 3 aliphatic heterocycles. The number of hydrogen-bond acceptors (Lipinski definition) is 10. The first kappa shape index (κ1) is 48.2. The summed E-state index contributed by atoms with van der Waals surface area (Å²) in [6.45, 7) is 35.3. The van der Waals surface area contributed by atoms with Crippen LogP contribution < -0.4 is 0 Å². The summed E-state index contributed by atoms with van der Waals surface area (Å²) in [4.78, 5) is 29.4. The van der Waals surface area contributed by atoms with Gasteiger partial charge in [0.25, 0.3) is 0 Å². The fraction of sp³-hybridized carbons (Fsp3) is 0.961. The number of aliphatic hydroxyl groups is 1. The standard InChI is InChI=1S/C51H88N2O9Si/c1-15-63(16-2,17-3)62-43-41-40(32(4)26-35(59-41)42(47(11,12)56)58-33(5)54)48(13)22-23-51-31-50(51)21-20-38(46(9,10)36(50)18-19-37(51)49(43,48)14)60-39-30-52(24-25-57-39)27-34-28-53(29-34)44(55)61-45(6,7)8/h32,34-43,56H,15-31H2,1-14H3/t32-,35-,36+,37+,38+,39+,40+,41+,42+,43+,48-,49-,50?,51+/m1/s1. The van der Waals surface area contributed by atoms with Crippen molar-refractivity contribution in [3.8, 4) is 0 Å². The van der Waals surface area contributed by atoms with E-state index in [1.54, 1.807) is 13.8 Å². The molecular formula is C51H88N2O9Si. The molecule has 0 bridgehead atoms. The highest BCUT2D eigenvalue weighted by Crippen LogP contribution is 2.89. The first-order chi connectivity index (χ1) is 29.3. The Morgan fingerprint density at radius 2 is 1.56 bits per heavy atom. The number of fused-ring (bicyclic) bond motifs is 4. The molecule has 5 aliphatic carbocycles. The van der Waals surface area contributed by atoms with Gasteiger partial charge in [-0.15, -0.1) is 0 Å². The van der Waals surface area contributed by atoms with Gasteiger partial charge in [-0.3, -0.25) is 9.69 Å². The van der Waals surface area contributed by atoms with E-state index in [4.69, 9.17) is 28.1 Å². The Labute approximate surface area is 382 Å². The number of morpholine rings is 1. The van der Waals surface area contributed by atoms with Gasteiger partial charge in [0.05, 0.1) is 36.6 Å². The predicted octanol–water partition coefficient (Wildman–Crippen LogP) is 9.44. The smallest absolute Gasteiger partial charge is 0.410 e. The molecule has 12 heteroatoms. The molecule has 11 nitrogen and oxygen atoms in total. The fourth-order valence-electron chi connectivity index (χ4n) is 16.7. The van der Waals surface area contributed by atoms with Gasteiger partial charge in [0, 0.05) is 51.0 Å². The Morgan fingerprint density at radius 1 is 0.905 bits per heavy atom. The molecule has 1 N–H and O–H groups in total. The Balaban J connectivity index is 1.01. The predicted molar refractivity (Wildman–Crippen MR) is 246 cm³/mol. The van der Waals surface area contributed by atoms with E-state index in [1.807, 2.05) is 25.7 Å². The van der Waals surface area contributed by atoms with E-state index in [9.17, 15) is 14.7 Å². The fourth-order valence-corrected chi connectivity index (χ4v) is 19.6. The molecule has 0 aromatic carbocycles. The van der Waals surface area contributed by atoms with E-state index < -0.39 is 31.7 Å². The first-order valence-corrected chi connectivity index (χ1v) is 28.1. The Morgan fingerprint density at radius 3 is 2.17 bits per heavy atom. The Hall–Kier alpha value is -1.28. The summed E-state index contributed by atoms with van der Waals surface area (Å²) in [7, 11) is -2.10. The van der Waals surface area contributed by atoms with Crippen LogP contribution in [0.15, 0.2) is 0 Å². The molecule has 63 heavy (non-hydrogen) atoms.